The number of hydrogen-bond acceptors (Lipinski definition) is 2. The van der Waals surface area contributed by atoms with Crippen molar-refractivity contribution in [1.29, 1.82) is 0 Å². The van der Waals surface area contributed by atoms with E-state index in [1.807, 2.05) is 0 Å². The Kier molecular flexibility index (Phi) is 2.53. The first-order chi connectivity index (χ1) is 7.43. The third-order valence-corrected chi connectivity index (χ3v) is 2.49. The van der Waals surface area contributed by atoms with Crippen LogP contribution in [0.15, 0.2) is 12.3 Å². The van der Waals surface area contributed by atoms with Crippen LogP contribution in [0.2, 0.25) is 0 Å². The summed E-state index contributed by atoms with van der Waals surface area (Å²) < 4.78 is 38.8. The third-order valence-electron chi connectivity index (χ3n) is 2.25. The molecule has 0 aliphatic rings. The van der Waals surface area contributed by atoms with Crippen molar-refractivity contribution in [2.75, 3.05) is 0 Å². The fourth-order valence-electron chi connectivity index (χ4n) is 1.40. The maximum Gasteiger partial charge on any atom is 0.417 e. The van der Waals surface area contributed by atoms with E-state index in [0.717, 1.165) is 12.3 Å². The van der Waals surface area contributed by atoms with Crippen LogP contribution in [0.3, 0.4) is 0 Å². The van der Waals surface area contributed by atoms with E-state index in [2.05, 4.69) is 9.97 Å². The molecule has 0 spiro atoms. The van der Waals surface area contributed by atoms with Crippen molar-refractivity contribution in [3.63, 3.8) is 0 Å². The molecule has 0 amide bonds. The second-order valence-electron chi connectivity index (χ2n) is 3.29. The van der Waals surface area contributed by atoms with Gasteiger partial charge in [0.1, 0.15) is 11.3 Å². The maximum absolute atomic E-state index is 12.4. The second kappa shape index (κ2) is 3.62. The highest BCUT2D eigenvalue weighted by atomic mass is 35.5. The molecule has 0 N–H and O–H groups in total. The Morgan fingerprint density at radius 3 is 2.69 bits per heavy atom. The van der Waals surface area contributed by atoms with Crippen molar-refractivity contribution in [3.8, 4) is 0 Å². The largest absolute Gasteiger partial charge is 0.417 e. The molecule has 3 nitrogen and oxygen atoms in total. The highest BCUT2D eigenvalue weighted by Crippen LogP contribution is 2.30. The molecule has 0 unspecified atom stereocenters. The van der Waals surface area contributed by atoms with E-state index < -0.39 is 11.7 Å². The fourth-order valence-corrected chi connectivity index (χ4v) is 1.64. The number of halogens is 4. The van der Waals surface area contributed by atoms with Gasteiger partial charge < -0.3 is 4.57 Å². The first-order valence-corrected chi connectivity index (χ1v) is 4.91. The van der Waals surface area contributed by atoms with Crippen LogP contribution in [0, 0.1) is 0 Å². The van der Waals surface area contributed by atoms with Gasteiger partial charge in [-0.15, -0.1) is 11.6 Å². The van der Waals surface area contributed by atoms with E-state index >= 15 is 0 Å². The van der Waals surface area contributed by atoms with Crippen LogP contribution in [0.1, 0.15) is 11.4 Å². The average Bonchev–Trinajstić information content (AvgIpc) is 2.54. The van der Waals surface area contributed by atoms with E-state index in [4.69, 9.17) is 11.6 Å². The molecule has 0 saturated carbocycles. The highest BCUT2D eigenvalue weighted by Gasteiger charge is 2.31. The molecule has 0 radical (unpaired) electrons. The standard InChI is InChI=1S/C9H7ClF3N3/c1-16-7(3-10)15-6-2-5(9(11,12)13)4-14-8(6)16/h2,4H,3H2,1H3. The van der Waals surface area contributed by atoms with Gasteiger partial charge in [0.05, 0.1) is 11.4 Å². The molecule has 0 bridgehead atoms. The number of alkyl halides is 4. The van der Waals surface area contributed by atoms with Crippen LogP contribution in [0.5, 0.6) is 0 Å². The predicted octanol–water partition coefficient (Wildman–Crippen LogP) is 2.73. The smallest absolute Gasteiger partial charge is 0.315 e. The van der Waals surface area contributed by atoms with E-state index in [-0.39, 0.29) is 11.4 Å². The molecular weight excluding hydrogens is 243 g/mol. The molecule has 7 heteroatoms. The van der Waals surface area contributed by atoms with E-state index in [0.29, 0.717) is 11.5 Å². The van der Waals surface area contributed by atoms with Crippen LogP contribution in [-0.4, -0.2) is 14.5 Å². The summed E-state index contributed by atoms with van der Waals surface area (Å²) >= 11 is 5.60. The van der Waals surface area contributed by atoms with Crippen molar-refractivity contribution in [3.05, 3.63) is 23.7 Å². The summed E-state index contributed by atoms with van der Waals surface area (Å²) in [4.78, 5) is 7.71. The van der Waals surface area contributed by atoms with Crippen LogP contribution < -0.4 is 0 Å². The fraction of sp³-hybridized carbons (Fsp3) is 0.333. The van der Waals surface area contributed by atoms with Crippen LogP contribution in [0.4, 0.5) is 13.2 Å². The van der Waals surface area contributed by atoms with Gasteiger partial charge in [0.2, 0.25) is 0 Å². The molecule has 0 aliphatic carbocycles. The van der Waals surface area contributed by atoms with Gasteiger partial charge in [-0.1, -0.05) is 0 Å². The van der Waals surface area contributed by atoms with Crippen molar-refractivity contribution in [2.24, 2.45) is 7.05 Å². The third kappa shape index (κ3) is 1.73. The van der Waals surface area contributed by atoms with Gasteiger partial charge in [-0.2, -0.15) is 13.2 Å². The number of pyridine rings is 1. The van der Waals surface area contributed by atoms with Crippen molar-refractivity contribution in [1.82, 2.24) is 14.5 Å². The van der Waals surface area contributed by atoms with Crippen molar-refractivity contribution >= 4 is 22.8 Å². The van der Waals surface area contributed by atoms with Crippen molar-refractivity contribution in [2.45, 2.75) is 12.1 Å². The number of aromatic nitrogens is 3. The normalized spacial score (nSPS) is 12.3. The molecule has 0 saturated heterocycles. The summed E-state index contributed by atoms with van der Waals surface area (Å²) in [5.74, 6) is 0.622. The molecule has 2 heterocycles. The van der Waals surface area contributed by atoms with E-state index in [1.54, 1.807) is 11.6 Å². The predicted molar refractivity (Wildman–Crippen MR) is 53.1 cm³/mol. The minimum atomic E-state index is -4.40. The lowest BCUT2D eigenvalue weighted by atomic mass is 10.2. The Labute approximate surface area is 93.9 Å². The summed E-state index contributed by atoms with van der Waals surface area (Å²) in [6.07, 6.45) is -3.61. The summed E-state index contributed by atoms with van der Waals surface area (Å²) in [5, 5.41) is 0. The molecule has 86 valence electrons. The van der Waals surface area contributed by atoms with Gasteiger partial charge in [-0.3, -0.25) is 0 Å². The van der Waals surface area contributed by atoms with Gasteiger partial charge in [0.25, 0.3) is 0 Å². The molecule has 2 aromatic heterocycles. The van der Waals surface area contributed by atoms with Crippen LogP contribution >= 0.6 is 11.6 Å². The van der Waals surface area contributed by atoms with Gasteiger partial charge in [0.15, 0.2) is 5.65 Å². The molecule has 16 heavy (non-hydrogen) atoms. The minimum absolute atomic E-state index is 0.133. The number of imidazole rings is 1. The van der Waals surface area contributed by atoms with Crippen LogP contribution in [-0.2, 0) is 19.1 Å². The Hall–Kier alpha value is -1.30. The van der Waals surface area contributed by atoms with Gasteiger partial charge >= 0.3 is 6.18 Å². The second-order valence-corrected chi connectivity index (χ2v) is 3.55. The minimum Gasteiger partial charge on any atom is -0.315 e. The first-order valence-electron chi connectivity index (χ1n) is 4.38. The molecule has 2 rings (SSSR count). The van der Waals surface area contributed by atoms with Crippen LogP contribution in [0.25, 0.3) is 11.2 Å². The molecule has 0 aromatic carbocycles. The number of fused-ring (bicyclic) bond motifs is 1. The number of rotatable bonds is 1. The molecular formula is C9H7ClF3N3. The Bertz CT molecular complexity index is 533. The Morgan fingerprint density at radius 1 is 1.44 bits per heavy atom. The maximum atomic E-state index is 12.4. The summed E-state index contributed by atoms with van der Waals surface area (Å²) in [6, 6.07) is 0.971. The lowest BCUT2D eigenvalue weighted by Gasteiger charge is -2.04. The zero-order chi connectivity index (χ0) is 11.9. The van der Waals surface area contributed by atoms with E-state index in [9.17, 15) is 13.2 Å². The lowest BCUT2D eigenvalue weighted by Crippen LogP contribution is -2.05. The van der Waals surface area contributed by atoms with Gasteiger partial charge in [0, 0.05) is 13.2 Å². The molecule has 2 aromatic rings. The Morgan fingerprint density at radius 2 is 2.12 bits per heavy atom. The molecule has 0 fully saturated rings. The number of nitrogens with zero attached hydrogens (tertiary/aromatic N) is 3. The SMILES string of the molecule is Cn1c(CCl)nc2cc(C(F)(F)F)cnc21. The summed E-state index contributed by atoms with van der Waals surface area (Å²) in [7, 11) is 1.66. The van der Waals surface area contributed by atoms with Gasteiger partial charge in [-0.25, -0.2) is 9.97 Å². The van der Waals surface area contributed by atoms with E-state index in [1.165, 1.54) is 0 Å². The lowest BCUT2D eigenvalue weighted by molar-refractivity contribution is -0.137. The topological polar surface area (TPSA) is 30.7 Å². The Balaban J connectivity index is 2.64. The van der Waals surface area contributed by atoms with Gasteiger partial charge in [-0.05, 0) is 6.07 Å². The zero-order valence-corrected chi connectivity index (χ0v) is 8.97. The average molecular weight is 250 g/mol. The molecule has 0 aliphatic heterocycles. The molecule has 0 atom stereocenters. The number of aryl methyl sites for hydroxylation is 1. The zero-order valence-electron chi connectivity index (χ0n) is 8.22. The van der Waals surface area contributed by atoms with Crippen molar-refractivity contribution < 1.29 is 13.2 Å². The quantitative estimate of drug-likeness (QED) is 0.728. The monoisotopic (exact) mass is 249 g/mol. The summed E-state index contributed by atoms with van der Waals surface area (Å²) in [6.45, 7) is 0. The first kappa shape index (κ1) is 11.2. The number of hydrogen-bond donors (Lipinski definition) is 0. The summed E-state index contributed by atoms with van der Waals surface area (Å²) in [5.41, 5.74) is -0.212. The highest BCUT2D eigenvalue weighted by molar-refractivity contribution is 6.16.